The molecule has 3 rings (SSSR count). The maximum atomic E-state index is 12.8. The zero-order chi connectivity index (χ0) is 20.6. The lowest BCUT2D eigenvalue weighted by atomic mass is 9.98. The molecule has 0 aliphatic carbocycles. The minimum absolute atomic E-state index is 0.00383. The first-order valence-electron chi connectivity index (χ1n) is 10.5. The van der Waals surface area contributed by atoms with Crippen LogP contribution in [0.4, 0.5) is 0 Å². The average Bonchev–Trinajstić information content (AvgIpc) is 3.44. The summed E-state index contributed by atoms with van der Waals surface area (Å²) >= 11 is 0. The Labute approximate surface area is 171 Å². The maximum Gasteiger partial charge on any atom is 0.310 e. The van der Waals surface area contributed by atoms with Crippen molar-refractivity contribution in [1.29, 1.82) is 0 Å². The predicted octanol–water partition coefficient (Wildman–Crippen LogP) is 2.09. The van der Waals surface area contributed by atoms with Gasteiger partial charge in [-0.1, -0.05) is 0 Å². The molecule has 3 heterocycles. The summed E-state index contributed by atoms with van der Waals surface area (Å²) in [7, 11) is 0. The van der Waals surface area contributed by atoms with Crippen molar-refractivity contribution in [2.24, 2.45) is 5.92 Å². The molecule has 1 aromatic heterocycles. The van der Waals surface area contributed by atoms with Crippen molar-refractivity contribution in [3.8, 4) is 0 Å². The quantitative estimate of drug-likeness (QED) is 0.614. The van der Waals surface area contributed by atoms with Gasteiger partial charge in [0.05, 0.1) is 30.5 Å². The van der Waals surface area contributed by atoms with Gasteiger partial charge < -0.3 is 23.7 Å². The molecule has 2 amide bonds. The van der Waals surface area contributed by atoms with E-state index in [2.05, 4.69) is 0 Å². The van der Waals surface area contributed by atoms with E-state index in [1.165, 1.54) is 12.5 Å². The van der Waals surface area contributed by atoms with E-state index in [0.29, 0.717) is 45.0 Å². The average molecular weight is 406 g/mol. The number of furan rings is 1. The fourth-order valence-electron chi connectivity index (χ4n) is 3.92. The third kappa shape index (κ3) is 5.82. The van der Waals surface area contributed by atoms with Crippen LogP contribution in [0.1, 0.15) is 49.4 Å². The third-order valence-electron chi connectivity index (χ3n) is 5.49. The van der Waals surface area contributed by atoms with E-state index in [1.807, 2.05) is 0 Å². The molecule has 0 N–H and O–H groups in total. The molecule has 8 heteroatoms. The largest absolute Gasteiger partial charge is 0.472 e. The van der Waals surface area contributed by atoms with E-state index in [9.17, 15) is 14.4 Å². The summed E-state index contributed by atoms with van der Waals surface area (Å²) in [5.41, 5.74) is 0.468. The molecule has 0 bridgehead atoms. The minimum atomic E-state index is -0.261. The summed E-state index contributed by atoms with van der Waals surface area (Å²) in [5, 5.41) is 0. The summed E-state index contributed by atoms with van der Waals surface area (Å²) in [6, 6.07) is 1.63. The van der Waals surface area contributed by atoms with Crippen LogP contribution in [0.25, 0.3) is 0 Å². The molecule has 8 nitrogen and oxygen atoms in total. The molecule has 2 saturated heterocycles. The van der Waals surface area contributed by atoms with E-state index in [4.69, 9.17) is 13.9 Å². The van der Waals surface area contributed by atoms with Gasteiger partial charge in [-0.05, 0) is 38.7 Å². The fraction of sp³-hybridized carbons (Fsp3) is 0.667. The molecule has 2 aliphatic rings. The number of rotatable bonds is 8. The highest BCUT2D eigenvalue weighted by Gasteiger charge is 2.30. The van der Waals surface area contributed by atoms with Crippen LogP contribution >= 0.6 is 0 Å². The van der Waals surface area contributed by atoms with Crippen LogP contribution in [0.2, 0.25) is 0 Å². The van der Waals surface area contributed by atoms with Crippen LogP contribution in [0.3, 0.4) is 0 Å². The highest BCUT2D eigenvalue weighted by molar-refractivity contribution is 5.94. The summed E-state index contributed by atoms with van der Waals surface area (Å²) in [4.78, 5) is 41.0. The van der Waals surface area contributed by atoms with Crippen LogP contribution in [-0.4, -0.2) is 73.1 Å². The number of ether oxygens (including phenoxy) is 2. The van der Waals surface area contributed by atoms with Crippen molar-refractivity contribution in [3.63, 3.8) is 0 Å². The van der Waals surface area contributed by atoms with Crippen LogP contribution in [0, 0.1) is 5.92 Å². The highest BCUT2D eigenvalue weighted by atomic mass is 16.5. The molecule has 160 valence electrons. The number of esters is 1. The summed E-state index contributed by atoms with van der Waals surface area (Å²) < 4.78 is 15.8. The Morgan fingerprint density at radius 2 is 2.14 bits per heavy atom. The van der Waals surface area contributed by atoms with E-state index >= 15 is 0 Å². The molecule has 0 aromatic carbocycles. The van der Waals surface area contributed by atoms with Gasteiger partial charge >= 0.3 is 5.97 Å². The van der Waals surface area contributed by atoms with Gasteiger partial charge in [0.15, 0.2) is 0 Å². The number of carbonyl (C=O) groups is 3. The second kappa shape index (κ2) is 10.4. The van der Waals surface area contributed by atoms with Gasteiger partial charge in [-0.15, -0.1) is 0 Å². The predicted molar refractivity (Wildman–Crippen MR) is 104 cm³/mol. The second-order valence-electron chi connectivity index (χ2n) is 7.58. The van der Waals surface area contributed by atoms with Gasteiger partial charge in [-0.3, -0.25) is 14.4 Å². The summed E-state index contributed by atoms with van der Waals surface area (Å²) in [6.45, 7) is 4.63. The van der Waals surface area contributed by atoms with E-state index in [0.717, 1.165) is 25.7 Å². The zero-order valence-corrected chi connectivity index (χ0v) is 17.0. The van der Waals surface area contributed by atoms with Gasteiger partial charge in [-0.2, -0.15) is 0 Å². The maximum absolute atomic E-state index is 12.8. The number of carbonyl (C=O) groups excluding carboxylic acids is 3. The Hall–Kier alpha value is -2.35. The van der Waals surface area contributed by atoms with Crippen molar-refractivity contribution in [2.75, 3.05) is 39.4 Å². The standard InChI is InChI=1S/C21H30N2O6/c1-2-28-21(26)16-5-3-9-22(13-16)19(24)7-10-23(14-18-6-4-11-29-18)20(25)17-8-12-27-15-17/h8,12,15-16,18H,2-7,9-11,13-14H2,1H3. The number of hydrogen-bond acceptors (Lipinski definition) is 6. The Bertz CT molecular complexity index is 683. The molecule has 1 aromatic rings. The lowest BCUT2D eigenvalue weighted by Gasteiger charge is -2.32. The monoisotopic (exact) mass is 406 g/mol. The van der Waals surface area contributed by atoms with E-state index in [1.54, 1.807) is 22.8 Å². The highest BCUT2D eigenvalue weighted by Crippen LogP contribution is 2.20. The van der Waals surface area contributed by atoms with Gasteiger partial charge in [0.2, 0.25) is 5.91 Å². The number of nitrogens with zero attached hydrogens (tertiary/aromatic N) is 2. The van der Waals surface area contributed by atoms with Crippen LogP contribution in [0.15, 0.2) is 23.0 Å². The van der Waals surface area contributed by atoms with Crippen LogP contribution in [0.5, 0.6) is 0 Å². The van der Waals surface area contributed by atoms with Crippen molar-refractivity contribution in [3.05, 3.63) is 24.2 Å². The van der Waals surface area contributed by atoms with Crippen molar-refractivity contribution >= 4 is 17.8 Å². The lowest BCUT2D eigenvalue weighted by molar-refractivity contribution is -0.151. The Kier molecular flexibility index (Phi) is 7.69. The first-order chi connectivity index (χ1) is 14.1. The molecular formula is C21H30N2O6. The van der Waals surface area contributed by atoms with E-state index in [-0.39, 0.29) is 36.2 Å². The van der Waals surface area contributed by atoms with Gasteiger partial charge in [0.25, 0.3) is 5.91 Å². The first-order valence-corrected chi connectivity index (χ1v) is 10.5. The van der Waals surface area contributed by atoms with Crippen LogP contribution in [-0.2, 0) is 19.1 Å². The van der Waals surface area contributed by atoms with Crippen molar-refractivity contribution in [2.45, 2.75) is 45.1 Å². The Morgan fingerprint density at radius 1 is 1.28 bits per heavy atom. The van der Waals surface area contributed by atoms with E-state index < -0.39 is 0 Å². The van der Waals surface area contributed by atoms with Crippen molar-refractivity contribution in [1.82, 2.24) is 9.80 Å². The fourth-order valence-corrected chi connectivity index (χ4v) is 3.92. The molecule has 2 unspecified atom stereocenters. The smallest absolute Gasteiger partial charge is 0.310 e. The molecule has 2 aliphatic heterocycles. The minimum Gasteiger partial charge on any atom is -0.472 e. The molecule has 0 spiro atoms. The molecular weight excluding hydrogens is 376 g/mol. The number of likely N-dealkylation sites (tertiary alicyclic amines) is 1. The molecule has 0 saturated carbocycles. The van der Waals surface area contributed by atoms with Crippen LogP contribution < -0.4 is 0 Å². The molecule has 2 fully saturated rings. The topological polar surface area (TPSA) is 89.3 Å². The first kappa shape index (κ1) is 21.4. The number of piperidine rings is 1. The SMILES string of the molecule is CCOC(=O)C1CCCN(C(=O)CCN(CC2CCCO2)C(=O)c2ccoc2)C1. The Morgan fingerprint density at radius 3 is 2.83 bits per heavy atom. The van der Waals surface area contributed by atoms with Crippen molar-refractivity contribution < 1.29 is 28.3 Å². The van der Waals surface area contributed by atoms with Gasteiger partial charge in [0.1, 0.15) is 6.26 Å². The lowest BCUT2D eigenvalue weighted by Crippen LogP contribution is -2.45. The zero-order valence-electron chi connectivity index (χ0n) is 17.0. The summed E-state index contributed by atoms with van der Waals surface area (Å²) in [6.07, 6.45) is 6.52. The normalized spacial score (nSPS) is 21.8. The second-order valence-corrected chi connectivity index (χ2v) is 7.58. The molecule has 29 heavy (non-hydrogen) atoms. The number of amides is 2. The number of hydrogen-bond donors (Lipinski definition) is 0. The van der Waals surface area contributed by atoms with Gasteiger partial charge in [0, 0.05) is 39.2 Å². The van der Waals surface area contributed by atoms with Gasteiger partial charge in [-0.25, -0.2) is 0 Å². The molecule has 0 radical (unpaired) electrons. The molecule has 2 atom stereocenters. The summed E-state index contributed by atoms with van der Waals surface area (Å²) in [5.74, 6) is -0.704. The third-order valence-corrected chi connectivity index (χ3v) is 5.49. The Balaban J connectivity index is 1.56.